The zero-order chi connectivity index (χ0) is 20.4. The van der Waals surface area contributed by atoms with E-state index in [2.05, 4.69) is 15.9 Å². The lowest BCUT2D eigenvalue weighted by atomic mass is 10.2. The minimum Gasteiger partial charge on any atom is -0.479 e. The van der Waals surface area contributed by atoms with Crippen LogP contribution in [0.5, 0.6) is 5.75 Å². The number of hydrogen-bond donors (Lipinski definition) is 1. The molecule has 144 valence electrons. The summed E-state index contributed by atoms with van der Waals surface area (Å²) < 4.78 is 5.55. The molecule has 0 aliphatic carbocycles. The van der Waals surface area contributed by atoms with Gasteiger partial charge in [-0.2, -0.15) is 0 Å². The standard InChI is InChI=1S/C18H10BrCl2NO5S/c19-12-4-9(5-13(21)16(12)27-8-15(23)24)6-14-17(25)22(18(26)28-14)11-3-1-2-10(20)7-11/h1-7H,8H2,(H,23,24)/b14-6+. The van der Waals surface area contributed by atoms with Crippen LogP contribution >= 0.6 is 50.9 Å². The third-order valence-corrected chi connectivity index (χ3v) is 5.49. The van der Waals surface area contributed by atoms with Gasteiger partial charge in [0.2, 0.25) is 0 Å². The Bertz CT molecular complexity index is 1000. The van der Waals surface area contributed by atoms with Crippen molar-refractivity contribution in [3.63, 3.8) is 0 Å². The number of rotatable bonds is 5. The molecule has 1 heterocycles. The summed E-state index contributed by atoms with van der Waals surface area (Å²) in [4.78, 5) is 36.9. The molecule has 1 aliphatic heterocycles. The summed E-state index contributed by atoms with van der Waals surface area (Å²) in [5.74, 6) is -1.44. The van der Waals surface area contributed by atoms with Crippen LogP contribution in [-0.2, 0) is 9.59 Å². The maximum absolute atomic E-state index is 12.7. The summed E-state index contributed by atoms with van der Waals surface area (Å²) in [5.41, 5.74) is 0.922. The van der Waals surface area contributed by atoms with Gasteiger partial charge in [0.25, 0.3) is 11.1 Å². The minimum absolute atomic E-state index is 0.163. The predicted molar refractivity (Wildman–Crippen MR) is 112 cm³/mol. The molecular formula is C18H10BrCl2NO5S. The van der Waals surface area contributed by atoms with Crippen molar-refractivity contribution < 1.29 is 24.2 Å². The number of carbonyl (C=O) groups excluding carboxylic acids is 2. The summed E-state index contributed by atoms with van der Waals surface area (Å²) >= 11 is 16.2. The van der Waals surface area contributed by atoms with E-state index < -0.39 is 23.7 Å². The number of amides is 2. The van der Waals surface area contributed by atoms with E-state index >= 15 is 0 Å². The summed E-state index contributed by atoms with van der Waals surface area (Å²) in [6.45, 7) is -0.545. The largest absolute Gasteiger partial charge is 0.479 e. The highest BCUT2D eigenvalue weighted by atomic mass is 79.9. The van der Waals surface area contributed by atoms with Gasteiger partial charge in [0.05, 0.1) is 20.1 Å². The third kappa shape index (κ3) is 4.52. The molecule has 0 atom stereocenters. The van der Waals surface area contributed by atoms with Crippen LogP contribution in [0.1, 0.15) is 5.56 Å². The third-order valence-electron chi connectivity index (χ3n) is 3.52. The molecule has 2 aromatic rings. The summed E-state index contributed by atoms with van der Waals surface area (Å²) in [6, 6.07) is 9.56. The molecule has 0 radical (unpaired) electrons. The molecule has 1 N–H and O–H groups in total. The highest BCUT2D eigenvalue weighted by Crippen LogP contribution is 2.39. The molecule has 0 spiro atoms. The van der Waals surface area contributed by atoms with Crippen LogP contribution in [0.15, 0.2) is 45.8 Å². The first-order valence-electron chi connectivity index (χ1n) is 7.63. The second-order valence-electron chi connectivity index (χ2n) is 5.49. The van der Waals surface area contributed by atoms with Crippen molar-refractivity contribution in [1.82, 2.24) is 0 Å². The number of aliphatic carboxylic acids is 1. The number of halogens is 3. The van der Waals surface area contributed by atoms with Crippen molar-refractivity contribution in [2.45, 2.75) is 0 Å². The van der Waals surface area contributed by atoms with Gasteiger partial charge in [0, 0.05) is 5.02 Å². The Morgan fingerprint density at radius 3 is 2.64 bits per heavy atom. The number of carboxylic acid groups (broad SMARTS) is 1. The molecule has 6 nitrogen and oxygen atoms in total. The minimum atomic E-state index is -1.14. The average molecular weight is 503 g/mol. The number of imide groups is 1. The summed E-state index contributed by atoms with van der Waals surface area (Å²) in [7, 11) is 0. The van der Waals surface area contributed by atoms with E-state index in [1.54, 1.807) is 24.3 Å². The number of ether oxygens (including phenoxy) is 1. The number of thioether (sulfide) groups is 1. The fourth-order valence-corrected chi connectivity index (χ4v) is 4.41. The molecule has 10 heteroatoms. The van der Waals surface area contributed by atoms with Crippen LogP contribution in [0.25, 0.3) is 6.08 Å². The normalized spacial score (nSPS) is 15.4. The van der Waals surface area contributed by atoms with Crippen LogP contribution in [0.3, 0.4) is 0 Å². The van der Waals surface area contributed by atoms with E-state index in [9.17, 15) is 14.4 Å². The molecule has 0 saturated carbocycles. The first-order valence-corrected chi connectivity index (χ1v) is 10.00. The van der Waals surface area contributed by atoms with Crippen molar-refractivity contribution in [2.75, 3.05) is 11.5 Å². The monoisotopic (exact) mass is 501 g/mol. The Labute approximate surface area is 182 Å². The van der Waals surface area contributed by atoms with Crippen LogP contribution in [0.2, 0.25) is 10.0 Å². The average Bonchev–Trinajstić information content (AvgIpc) is 2.87. The lowest BCUT2D eigenvalue weighted by Gasteiger charge is -2.12. The SMILES string of the molecule is O=C(O)COc1c(Cl)cc(/C=C2/SC(=O)N(c3cccc(Cl)c3)C2=O)cc1Br. The number of benzene rings is 2. The van der Waals surface area contributed by atoms with Crippen molar-refractivity contribution in [3.05, 3.63) is 61.4 Å². The van der Waals surface area contributed by atoms with Crippen LogP contribution in [0, 0.1) is 0 Å². The quantitative estimate of drug-likeness (QED) is 0.546. The van der Waals surface area contributed by atoms with Crippen molar-refractivity contribution in [2.24, 2.45) is 0 Å². The topological polar surface area (TPSA) is 83.9 Å². The lowest BCUT2D eigenvalue weighted by molar-refractivity contribution is -0.139. The van der Waals surface area contributed by atoms with Gasteiger partial charge in [-0.05, 0) is 69.7 Å². The van der Waals surface area contributed by atoms with Crippen LogP contribution in [0.4, 0.5) is 10.5 Å². The molecule has 1 fully saturated rings. The summed E-state index contributed by atoms with van der Waals surface area (Å²) in [6.07, 6.45) is 1.52. The zero-order valence-corrected chi connectivity index (χ0v) is 17.7. The first-order chi connectivity index (χ1) is 13.3. The van der Waals surface area contributed by atoms with Gasteiger partial charge in [-0.3, -0.25) is 9.59 Å². The van der Waals surface area contributed by atoms with Crippen molar-refractivity contribution in [3.8, 4) is 5.75 Å². The number of nitrogens with zero attached hydrogens (tertiary/aromatic N) is 1. The molecule has 1 saturated heterocycles. The number of carbonyl (C=O) groups is 3. The van der Waals surface area contributed by atoms with Gasteiger partial charge < -0.3 is 9.84 Å². The van der Waals surface area contributed by atoms with Crippen LogP contribution in [-0.4, -0.2) is 28.8 Å². The Balaban J connectivity index is 1.89. The summed E-state index contributed by atoms with van der Waals surface area (Å²) in [5, 5.41) is 8.85. The molecule has 0 aromatic heterocycles. The smallest absolute Gasteiger partial charge is 0.341 e. The zero-order valence-electron chi connectivity index (χ0n) is 13.8. The van der Waals surface area contributed by atoms with Crippen LogP contribution < -0.4 is 9.64 Å². The highest BCUT2D eigenvalue weighted by Gasteiger charge is 2.36. The Morgan fingerprint density at radius 2 is 2.00 bits per heavy atom. The predicted octanol–water partition coefficient (Wildman–Crippen LogP) is 5.46. The van der Waals surface area contributed by atoms with Gasteiger partial charge in [0.15, 0.2) is 12.4 Å². The van der Waals surface area contributed by atoms with E-state index in [4.69, 9.17) is 33.0 Å². The molecule has 0 unspecified atom stereocenters. The Morgan fingerprint density at radius 1 is 1.25 bits per heavy atom. The van der Waals surface area contributed by atoms with Crippen molar-refractivity contribution >= 4 is 79.8 Å². The molecule has 1 aliphatic rings. The lowest BCUT2D eigenvalue weighted by Crippen LogP contribution is -2.27. The van der Waals surface area contributed by atoms with E-state index in [1.807, 2.05) is 0 Å². The Hall–Kier alpha value is -2.00. The van der Waals surface area contributed by atoms with Gasteiger partial charge in [-0.1, -0.05) is 29.3 Å². The molecule has 28 heavy (non-hydrogen) atoms. The second-order valence-corrected chi connectivity index (χ2v) is 8.18. The molecular weight excluding hydrogens is 493 g/mol. The molecule has 2 aromatic carbocycles. The molecule has 2 amide bonds. The van der Waals surface area contributed by atoms with E-state index in [0.29, 0.717) is 20.7 Å². The number of hydrogen-bond acceptors (Lipinski definition) is 5. The Kier molecular flexibility index (Phi) is 6.34. The fraction of sp³-hybridized carbons (Fsp3) is 0.0556. The number of carboxylic acids is 1. The van der Waals surface area contributed by atoms with Gasteiger partial charge in [-0.25, -0.2) is 9.69 Å². The van der Waals surface area contributed by atoms with Gasteiger partial charge in [-0.15, -0.1) is 0 Å². The maximum atomic E-state index is 12.7. The van der Waals surface area contributed by atoms with Crippen molar-refractivity contribution in [1.29, 1.82) is 0 Å². The first kappa shape index (κ1) is 20.7. The fourth-order valence-electron chi connectivity index (χ4n) is 2.39. The van der Waals surface area contributed by atoms with E-state index in [-0.39, 0.29) is 15.7 Å². The van der Waals surface area contributed by atoms with Gasteiger partial charge >= 0.3 is 5.97 Å². The van der Waals surface area contributed by atoms with E-state index in [1.165, 1.54) is 18.2 Å². The maximum Gasteiger partial charge on any atom is 0.341 e. The number of anilines is 1. The highest BCUT2D eigenvalue weighted by molar-refractivity contribution is 9.10. The molecule has 0 bridgehead atoms. The molecule has 3 rings (SSSR count). The second kappa shape index (κ2) is 8.57. The van der Waals surface area contributed by atoms with Gasteiger partial charge in [0.1, 0.15) is 0 Å². The van der Waals surface area contributed by atoms with E-state index in [0.717, 1.165) is 16.7 Å².